The topological polar surface area (TPSA) is 36.1 Å². The van der Waals surface area contributed by atoms with Crippen molar-refractivity contribution < 1.29 is 18.0 Å². The second-order valence-electron chi connectivity index (χ2n) is 5.50. The van der Waals surface area contributed by atoms with Crippen molar-refractivity contribution in [3.8, 4) is 0 Å². The fourth-order valence-corrected chi connectivity index (χ4v) is 3.22. The van der Waals surface area contributed by atoms with Crippen molar-refractivity contribution in [2.45, 2.75) is 19.0 Å². The molecular weight excluding hydrogens is 361 g/mol. The second-order valence-corrected chi connectivity index (χ2v) is 6.42. The third-order valence-electron chi connectivity index (χ3n) is 4.12. The molecule has 3 rings (SSSR count). The Morgan fingerprint density at radius 2 is 1.95 bits per heavy atom. The fourth-order valence-electron chi connectivity index (χ4n) is 2.86. The Labute approximate surface area is 133 Å². The summed E-state index contributed by atoms with van der Waals surface area (Å²) in [6, 6.07) is 5.52. The van der Waals surface area contributed by atoms with Gasteiger partial charge in [-0.25, -0.2) is 0 Å². The van der Waals surface area contributed by atoms with Gasteiger partial charge >= 0.3 is 6.18 Å². The number of alkyl halides is 3. The zero-order valence-electron chi connectivity index (χ0n) is 11.6. The Bertz CT molecular complexity index is 702. The van der Waals surface area contributed by atoms with Crippen molar-refractivity contribution in [2.24, 2.45) is 5.92 Å². The summed E-state index contributed by atoms with van der Waals surface area (Å²) in [7, 11) is 0. The van der Waals surface area contributed by atoms with E-state index >= 15 is 0 Å². The summed E-state index contributed by atoms with van der Waals surface area (Å²) in [5.41, 5.74) is 1.33. The van der Waals surface area contributed by atoms with Gasteiger partial charge in [-0.1, -0.05) is 22.0 Å². The summed E-state index contributed by atoms with van der Waals surface area (Å²) in [5, 5.41) is 0.783. The van der Waals surface area contributed by atoms with Crippen LogP contribution in [0.2, 0.25) is 0 Å². The van der Waals surface area contributed by atoms with Gasteiger partial charge in [-0.15, -0.1) is 0 Å². The Balaban J connectivity index is 1.77. The molecule has 0 bridgehead atoms. The van der Waals surface area contributed by atoms with Gasteiger partial charge in [0.15, 0.2) is 0 Å². The number of hydrogen-bond acceptors (Lipinski definition) is 1. The first kappa shape index (κ1) is 15.4. The Morgan fingerprint density at radius 1 is 1.27 bits per heavy atom. The molecule has 0 atom stereocenters. The lowest BCUT2D eigenvalue weighted by Gasteiger charge is -2.32. The van der Waals surface area contributed by atoms with E-state index < -0.39 is 12.1 Å². The molecule has 3 nitrogen and oxygen atoms in total. The minimum atomic E-state index is -4.16. The largest absolute Gasteiger partial charge is 0.391 e. The van der Waals surface area contributed by atoms with E-state index in [-0.39, 0.29) is 31.8 Å². The SMILES string of the molecule is O=C(c1c[nH]c2cc(Br)ccc12)N1CCC(C(F)(F)F)CC1. The quantitative estimate of drug-likeness (QED) is 0.791. The number of aromatic nitrogens is 1. The number of benzene rings is 1. The monoisotopic (exact) mass is 374 g/mol. The zero-order valence-corrected chi connectivity index (χ0v) is 13.2. The van der Waals surface area contributed by atoms with Crippen molar-refractivity contribution in [3.05, 3.63) is 34.4 Å². The molecule has 1 aliphatic rings. The molecule has 1 fully saturated rings. The first-order valence-corrected chi connectivity index (χ1v) is 7.78. The van der Waals surface area contributed by atoms with Gasteiger partial charge in [-0.3, -0.25) is 4.79 Å². The van der Waals surface area contributed by atoms with Gasteiger partial charge in [0.1, 0.15) is 0 Å². The van der Waals surface area contributed by atoms with Crippen LogP contribution in [0.25, 0.3) is 10.9 Å². The molecule has 1 aromatic carbocycles. The average molecular weight is 375 g/mol. The van der Waals surface area contributed by atoms with Crippen molar-refractivity contribution >= 4 is 32.7 Å². The van der Waals surface area contributed by atoms with Crippen molar-refractivity contribution in [2.75, 3.05) is 13.1 Å². The number of amides is 1. The Hall–Kier alpha value is -1.50. The maximum absolute atomic E-state index is 12.7. The van der Waals surface area contributed by atoms with Crippen molar-refractivity contribution in [1.29, 1.82) is 0 Å². The number of nitrogens with one attached hydrogen (secondary N) is 1. The van der Waals surface area contributed by atoms with Crippen molar-refractivity contribution in [1.82, 2.24) is 9.88 Å². The van der Waals surface area contributed by atoms with Gasteiger partial charge in [0.2, 0.25) is 0 Å². The van der Waals surface area contributed by atoms with Gasteiger partial charge in [0.25, 0.3) is 5.91 Å². The van der Waals surface area contributed by atoms with Crippen LogP contribution < -0.4 is 0 Å². The Morgan fingerprint density at radius 3 is 2.59 bits per heavy atom. The number of halogens is 4. The highest BCUT2D eigenvalue weighted by Gasteiger charge is 2.41. The van der Waals surface area contributed by atoms with E-state index in [1.54, 1.807) is 6.20 Å². The average Bonchev–Trinajstić information content (AvgIpc) is 2.88. The molecule has 0 radical (unpaired) electrons. The van der Waals surface area contributed by atoms with Gasteiger partial charge in [-0.05, 0) is 25.0 Å². The lowest BCUT2D eigenvalue weighted by atomic mass is 9.96. The maximum Gasteiger partial charge on any atom is 0.391 e. The summed E-state index contributed by atoms with van der Waals surface area (Å²) < 4.78 is 38.9. The van der Waals surface area contributed by atoms with E-state index in [9.17, 15) is 18.0 Å². The van der Waals surface area contributed by atoms with E-state index in [1.807, 2.05) is 18.2 Å². The van der Waals surface area contributed by atoms with Crippen LogP contribution in [-0.2, 0) is 0 Å². The van der Waals surface area contributed by atoms with E-state index in [0.29, 0.717) is 5.56 Å². The third-order valence-corrected chi connectivity index (χ3v) is 4.61. The first-order valence-electron chi connectivity index (χ1n) is 6.99. The highest BCUT2D eigenvalue weighted by atomic mass is 79.9. The molecule has 7 heteroatoms. The number of piperidine rings is 1. The number of H-pyrrole nitrogens is 1. The van der Waals surface area contributed by atoms with Crippen LogP contribution in [0.5, 0.6) is 0 Å². The number of carbonyl (C=O) groups excluding carboxylic acids is 1. The van der Waals surface area contributed by atoms with E-state index in [0.717, 1.165) is 15.4 Å². The molecule has 2 heterocycles. The van der Waals surface area contributed by atoms with Crippen LogP contribution in [0.1, 0.15) is 23.2 Å². The van der Waals surface area contributed by atoms with Crippen LogP contribution in [0.3, 0.4) is 0 Å². The highest BCUT2D eigenvalue weighted by Crippen LogP contribution is 2.34. The van der Waals surface area contributed by atoms with Crippen LogP contribution in [-0.4, -0.2) is 35.1 Å². The summed E-state index contributed by atoms with van der Waals surface area (Å²) in [6.07, 6.45) is -2.59. The fraction of sp³-hybridized carbons (Fsp3) is 0.400. The predicted molar refractivity (Wildman–Crippen MR) is 80.7 cm³/mol. The van der Waals surface area contributed by atoms with E-state index in [2.05, 4.69) is 20.9 Å². The third kappa shape index (κ3) is 2.86. The minimum absolute atomic E-state index is 0.0247. The molecule has 1 saturated heterocycles. The smallest absolute Gasteiger partial charge is 0.360 e. The first-order chi connectivity index (χ1) is 10.4. The number of hydrogen-bond donors (Lipinski definition) is 1. The van der Waals surface area contributed by atoms with Gasteiger partial charge in [0.05, 0.1) is 11.5 Å². The number of fused-ring (bicyclic) bond motifs is 1. The molecule has 2 aromatic rings. The Kier molecular flexibility index (Phi) is 3.92. The highest BCUT2D eigenvalue weighted by molar-refractivity contribution is 9.10. The summed E-state index contributed by atoms with van der Waals surface area (Å²) in [5.74, 6) is -1.51. The van der Waals surface area contributed by atoms with Gasteiger partial charge < -0.3 is 9.88 Å². The number of nitrogens with zero attached hydrogens (tertiary/aromatic N) is 1. The molecule has 22 heavy (non-hydrogen) atoms. The molecule has 1 amide bonds. The van der Waals surface area contributed by atoms with Crippen LogP contribution in [0.4, 0.5) is 13.2 Å². The van der Waals surface area contributed by atoms with Gasteiger partial charge in [0, 0.05) is 34.7 Å². The lowest BCUT2D eigenvalue weighted by Crippen LogP contribution is -2.42. The molecule has 0 saturated carbocycles. The summed E-state index contributed by atoms with van der Waals surface area (Å²) >= 11 is 3.36. The molecule has 118 valence electrons. The molecule has 0 aliphatic carbocycles. The molecule has 1 N–H and O–H groups in total. The predicted octanol–water partition coefficient (Wildman–Crippen LogP) is 4.34. The van der Waals surface area contributed by atoms with Crippen LogP contribution in [0, 0.1) is 5.92 Å². The zero-order chi connectivity index (χ0) is 15.9. The minimum Gasteiger partial charge on any atom is -0.360 e. The standard InChI is InChI=1S/C15H14BrF3N2O/c16-10-1-2-11-12(8-20-13(11)7-10)14(22)21-5-3-9(4-6-21)15(17,18)19/h1-2,7-9,20H,3-6H2. The van der Waals surface area contributed by atoms with Gasteiger partial charge in [-0.2, -0.15) is 13.2 Å². The molecular formula is C15H14BrF3N2O. The number of aromatic amines is 1. The lowest BCUT2D eigenvalue weighted by molar-refractivity contribution is -0.183. The van der Waals surface area contributed by atoms with E-state index in [4.69, 9.17) is 0 Å². The normalized spacial score (nSPS) is 17.2. The summed E-state index contributed by atoms with van der Waals surface area (Å²) in [6.45, 7) is 0.290. The number of rotatable bonds is 1. The van der Waals surface area contributed by atoms with Crippen molar-refractivity contribution in [3.63, 3.8) is 0 Å². The maximum atomic E-state index is 12.7. The van der Waals surface area contributed by atoms with E-state index in [1.165, 1.54) is 4.90 Å². The van der Waals surface area contributed by atoms with Crippen LogP contribution >= 0.6 is 15.9 Å². The second kappa shape index (κ2) is 5.61. The molecule has 0 spiro atoms. The molecule has 0 unspecified atom stereocenters. The number of carbonyl (C=O) groups is 1. The summed E-state index contributed by atoms with van der Waals surface area (Å²) in [4.78, 5) is 17.1. The number of likely N-dealkylation sites (tertiary alicyclic amines) is 1. The van der Waals surface area contributed by atoms with Crippen LogP contribution in [0.15, 0.2) is 28.9 Å². The molecule has 1 aliphatic heterocycles. The molecule has 1 aromatic heterocycles.